The van der Waals surface area contributed by atoms with Gasteiger partial charge in [0.05, 0.1) is 5.92 Å². The van der Waals surface area contributed by atoms with Crippen LogP contribution in [0.2, 0.25) is 0 Å². The molecule has 2 aliphatic rings. The number of anilines is 2. The van der Waals surface area contributed by atoms with Crippen molar-refractivity contribution in [3.05, 3.63) is 23.8 Å². The molecule has 3 rings (SSSR count). The molecule has 4 atom stereocenters. The Hall–Kier alpha value is -1.88. The summed E-state index contributed by atoms with van der Waals surface area (Å²) in [7, 11) is 0. The third kappa shape index (κ3) is 2.73. The van der Waals surface area contributed by atoms with Gasteiger partial charge in [-0.1, -0.05) is 6.07 Å². The average molecular weight is 301 g/mol. The van der Waals surface area contributed by atoms with Gasteiger partial charge >= 0.3 is 0 Å². The first-order valence-corrected chi connectivity index (χ1v) is 7.90. The molecule has 0 aliphatic heterocycles. The van der Waals surface area contributed by atoms with Crippen molar-refractivity contribution in [3.63, 3.8) is 0 Å². The molecule has 2 aliphatic carbocycles. The van der Waals surface area contributed by atoms with Gasteiger partial charge in [-0.25, -0.2) is 0 Å². The first-order valence-electron chi connectivity index (χ1n) is 7.90. The highest BCUT2D eigenvalue weighted by atomic mass is 16.2. The summed E-state index contributed by atoms with van der Waals surface area (Å²) in [4.78, 5) is 23.8. The number of rotatable bonds is 3. The van der Waals surface area contributed by atoms with E-state index in [1.807, 2.05) is 19.1 Å². The monoisotopic (exact) mass is 301 g/mol. The van der Waals surface area contributed by atoms with Crippen LogP contribution >= 0.6 is 0 Å². The van der Waals surface area contributed by atoms with E-state index in [0.717, 1.165) is 30.5 Å². The zero-order chi connectivity index (χ0) is 15.9. The number of benzene rings is 1. The van der Waals surface area contributed by atoms with Gasteiger partial charge in [0.15, 0.2) is 0 Å². The molecule has 2 saturated carbocycles. The van der Waals surface area contributed by atoms with E-state index >= 15 is 0 Å². The molecular formula is C17H23N3O2. The lowest BCUT2D eigenvalue weighted by molar-refractivity contribution is -0.121. The Bertz CT molecular complexity index is 612. The Labute approximate surface area is 130 Å². The van der Waals surface area contributed by atoms with Crippen molar-refractivity contribution in [1.29, 1.82) is 0 Å². The standard InChI is InChI=1S/C17H23N3O2/c1-9-3-6-13(8-14(9)19-10(2)21)20-17(22)15-11-4-5-12(7-11)16(15)18/h3,6,8,11-12,15-16H,4-5,7,18H2,1-2H3,(H,19,21)(H,20,22). The minimum Gasteiger partial charge on any atom is -0.327 e. The number of hydrogen-bond donors (Lipinski definition) is 3. The van der Waals surface area contributed by atoms with Crippen molar-refractivity contribution in [2.45, 2.75) is 39.2 Å². The molecule has 2 fully saturated rings. The summed E-state index contributed by atoms with van der Waals surface area (Å²) in [6, 6.07) is 5.53. The second-order valence-electron chi connectivity index (χ2n) is 6.64. The highest BCUT2D eigenvalue weighted by molar-refractivity contribution is 5.95. The first-order chi connectivity index (χ1) is 10.5. The van der Waals surface area contributed by atoms with Gasteiger partial charge < -0.3 is 16.4 Å². The molecule has 1 aromatic rings. The zero-order valence-electron chi connectivity index (χ0n) is 13.1. The van der Waals surface area contributed by atoms with Crippen LogP contribution in [0.5, 0.6) is 0 Å². The van der Waals surface area contributed by atoms with Crippen molar-refractivity contribution >= 4 is 23.2 Å². The molecule has 1 aromatic carbocycles. The normalized spacial score (nSPS) is 29.4. The van der Waals surface area contributed by atoms with E-state index in [1.165, 1.54) is 6.92 Å². The fourth-order valence-corrected chi connectivity index (χ4v) is 3.97. The quantitative estimate of drug-likeness (QED) is 0.800. The topological polar surface area (TPSA) is 84.2 Å². The first kappa shape index (κ1) is 15.0. The van der Waals surface area contributed by atoms with E-state index in [0.29, 0.717) is 17.5 Å². The van der Waals surface area contributed by atoms with Crippen LogP contribution in [0.4, 0.5) is 11.4 Å². The number of hydrogen-bond acceptors (Lipinski definition) is 3. The molecule has 0 aromatic heterocycles. The van der Waals surface area contributed by atoms with Crippen molar-refractivity contribution in [2.75, 3.05) is 10.6 Å². The van der Waals surface area contributed by atoms with Crippen LogP contribution in [0.15, 0.2) is 18.2 Å². The lowest BCUT2D eigenvalue weighted by Crippen LogP contribution is -2.42. The van der Waals surface area contributed by atoms with Gasteiger partial charge in [-0.3, -0.25) is 9.59 Å². The van der Waals surface area contributed by atoms with E-state index in [9.17, 15) is 9.59 Å². The third-order valence-corrected chi connectivity index (χ3v) is 5.10. The van der Waals surface area contributed by atoms with Gasteiger partial charge in [0.1, 0.15) is 0 Å². The summed E-state index contributed by atoms with van der Waals surface area (Å²) in [5.74, 6) is 0.747. The number of carbonyl (C=O) groups is 2. The Morgan fingerprint density at radius 1 is 1.18 bits per heavy atom. The predicted molar refractivity (Wildman–Crippen MR) is 86.4 cm³/mol. The van der Waals surface area contributed by atoms with Gasteiger partial charge in [0, 0.05) is 24.3 Å². The van der Waals surface area contributed by atoms with Crippen LogP contribution in [-0.4, -0.2) is 17.9 Å². The Morgan fingerprint density at radius 3 is 2.55 bits per heavy atom. The van der Waals surface area contributed by atoms with E-state index < -0.39 is 0 Å². The van der Waals surface area contributed by atoms with Crippen LogP contribution in [0.25, 0.3) is 0 Å². The SMILES string of the molecule is CC(=O)Nc1cc(NC(=O)C2C3CCC(C3)C2N)ccc1C. The summed E-state index contributed by atoms with van der Waals surface area (Å²) in [5, 5.41) is 5.75. The molecule has 4 unspecified atom stereocenters. The Morgan fingerprint density at radius 2 is 1.91 bits per heavy atom. The van der Waals surface area contributed by atoms with Crippen LogP contribution < -0.4 is 16.4 Å². The summed E-state index contributed by atoms with van der Waals surface area (Å²) in [5.41, 5.74) is 8.61. The number of carbonyl (C=O) groups excluding carboxylic acids is 2. The fraction of sp³-hybridized carbons (Fsp3) is 0.529. The molecule has 5 heteroatoms. The summed E-state index contributed by atoms with van der Waals surface area (Å²) >= 11 is 0. The molecule has 22 heavy (non-hydrogen) atoms. The summed E-state index contributed by atoms with van der Waals surface area (Å²) in [6.45, 7) is 3.39. The number of fused-ring (bicyclic) bond motifs is 2. The Balaban J connectivity index is 1.73. The fourth-order valence-electron chi connectivity index (χ4n) is 3.97. The van der Waals surface area contributed by atoms with Gasteiger partial charge in [-0.15, -0.1) is 0 Å². The highest BCUT2D eigenvalue weighted by Crippen LogP contribution is 2.47. The van der Waals surface area contributed by atoms with Crippen LogP contribution in [0.3, 0.4) is 0 Å². The second-order valence-corrected chi connectivity index (χ2v) is 6.64. The summed E-state index contributed by atoms with van der Waals surface area (Å²) in [6.07, 6.45) is 3.36. The smallest absolute Gasteiger partial charge is 0.229 e. The molecule has 4 N–H and O–H groups in total. The largest absolute Gasteiger partial charge is 0.327 e. The molecule has 2 amide bonds. The van der Waals surface area contributed by atoms with Crippen molar-refractivity contribution in [3.8, 4) is 0 Å². The van der Waals surface area contributed by atoms with Crippen molar-refractivity contribution < 1.29 is 9.59 Å². The molecule has 5 nitrogen and oxygen atoms in total. The minimum absolute atomic E-state index is 0.0114. The maximum absolute atomic E-state index is 12.6. The maximum Gasteiger partial charge on any atom is 0.229 e. The second kappa shape index (κ2) is 5.72. The molecular weight excluding hydrogens is 278 g/mol. The minimum atomic E-state index is -0.123. The lowest BCUT2D eigenvalue weighted by atomic mass is 9.84. The lowest BCUT2D eigenvalue weighted by Gasteiger charge is -2.27. The number of aryl methyl sites for hydroxylation is 1. The van der Waals surface area contributed by atoms with Crippen molar-refractivity contribution in [2.24, 2.45) is 23.5 Å². The Kier molecular flexibility index (Phi) is 3.91. The van der Waals surface area contributed by atoms with Gasteiger partial charge in [-0.05, 0) is 55.7 Å². The zero-order valence-corrected chi connectivity index (χ0v) is 13.1. The van der Waals surface area contributed by atoms with E-state index in [2.05, 4.69) is 10.6 Å². The van der Waals surface area contributed by atoms with E-state index in [1.54, 1.807) is 6.07 Å². The molecule has 0 heterocycles. The third-order valence-electron chi connectivity index (χ3n) is 5.10. The molecule has 0 radical (unpaired) electrons. The predicted octanol–water partition coefficient (Wildman–Crippen LogP) is 2.27. The molecule has 118 valence electrons. The highest BCUT2D eigenvalue weighted by Gasteiger charge is 2.49. The van der Waals surface area contributed by atoms with Crippen LogP contribution in [0, 0.1) is 24.7 Å². The number of amides is 2. The van der Waals surface area contributed by atoms with Gasteiger partial charge in [0.25, 0.3) is 0 Å². The molecule has 0 saturated heterocycles. The van der Waals surface area contributed by atoms with Crippen LogP contribution in [-0.2, 0) is 9.59 Å². The number of nitrogens with one attached hydrogen (secondary N) is 2. The molecule has 2 bridgehead atoms. The van der Waals surface area contributed by atoms with Crippen LogP contribution in [0.1, 0.15) is 31.7 Å². The number of nitrogens with two attached hydrogens (primary N) is 1. The molecule has 0 spiro atoms. The van der Waals surface area contributed by atoms with Gasteiger partial charge in [0.2, 0.25) is 11.8 Å². The van der Waals surface area contributed by atoms with E-state index in [4.69, 9.17) is 5.73 Å². The van der Waals surface area contributed by atoms with Gasteiger partial charge in [-0.2, -0.15) is 0 Å². The van der Waals surface area contributed by atoms with E-state index in [-0.39, 0.29) is 23.8 Å². The maximum atomic E-state index is 12.6. The average Bonchev–Trinajstić information content (AvgIpc) is 3.02. The summed E-state index contributed by atoms with van der Waals surface area (Å²) < 4.78 is 0. The van der Waals surface area contributed by atoms with Crippen molar-refractivity contribution in [1.82, 2.24) is 0 Å².